The predicted octanol–water partition coefficient (Wildman–Crippen LogP) is 0.283. The van der Waals surface area contributed by atoms with Gasteiger partial charge in [-0.25, -0.2) is 0 Å². The van der Waals surface area contributed by atoms with E-state index in [0.29, 0.717) is 12.8 Å². The van der Waals surface area contributed by atoms with Gasteiger partial charge >= 0.3 is 21.3 Å². The zero-order valence-electron chi connectivity index (χ0n) is 13.1. The smallest absolute Gasteiger partial charge is 0.428 e. The topological polar surface area (TPSA) is 130 Å². The molecule has 2 fully saturated rings. The fourth-order valence-corrected chi connectivity index (χ4v) is 3.62. The van der Waals surface area contributed by atoms with Gasteiger partial charge in [0.1, 0.15) is 0 Å². The Morgan fingerprint density at radius 1 is 1.38 bits per heavy atom. The summed E-state index contributed by atoms with van der Waals surface area (Å²) in [5, 5.41) is 14.0. The van der Waals surface area contributed by atoms with E-state index in [1.54, 1.807) is 13.8 Å². The Hall–Kier alpha value is -0.880. The van der Waals surface area contributed by atoms with Gasteiger partial charge in [0.25, 0.3) is 6.29 Å². The van der Waals surface area contributed by atoms with E-state index in [-0.39, 0.29) is 18.4 Å². The lowest BCUT2D eigenvalue weighted by Gasteiger charge is -2.30. The number of aliphatic hydroxyl groups is 2. The number of carbonyl (C=O) groups is 1. The third-order valence-corrected chi connectivity index (χ3v) is 5.11. The Balaban J connectivity index is 2.03. The molecule has 5 unspecified atom stereocenters. The molecule has 2 saturated heterocycles. The molecule has 24 heavy (non-hydrogen) atoms. The molecular weight excluding hydrogens is 354 g/mol. The minimum Gasteiger partial charge on any atom is -0.428 e. The molecule has 2 aliphatic heterocycles. The first kappa shape index (κ1) is 19.4. The lowest BCUT2D eigenvalue weighted by molar-refractivity contribution is -0.210. The number of carbonyl (C=O) groups excluding carboxylic acids is 1. The summed E-state index contributed by atoms with van der Waals surface area (Å²) < 4.78 is 65.6. The highest BCUT2D eigenvalue weighted by Crippen LogP contribution is 2.46. The molecule has 2 aliphatic rings. The average Bonchev–Trinajstić information content (AvgIpc) is 2.94. The number of ether oxygens (including phenoxy) is 2. The van der Waals surface area contributed by atoms with Crippen LogP contribution in [0.15, 0.2) is 0 Å². The van der Waals surface area contributed by atoms with Crippen LogP contribution >= 0.6 is 0 Å². The standard InChI is InChI=1S/C13H20F2O8S/c1-12(2,18)5-6-3-7-4-8(9(6)22-7)10(16)23-11(17)13(14,15)24(19,20)21/h6-9,11,17-18H,3-5H2,1-2H3,(H,19,20,21). The minimum absolute atomic E-state index is 0.190. The lowest BCUT2D eigenvalue weighted by atomic mass is 9.77. The Morgan fingerprint density at radius 3 is 2.42 bits per heavy atom. The fraction of sp³-hybridized carbons (Fsp3) is 0.923. The van der Waals surface area contributed by atoms with Crippen LogP contribution in [0.4, 0.5) is 8.78 Å². The van der Waals surface area contributed by atoms with Crippen molar-refractivity contribution in [2.45, 2.75) is 62.5 Å². The summed E-state index contributed by atoms with van der Waals surface area (Å²) >= 11 is 0. The van der Waals surface area contributed by atoms with Crippen molar-refractivity contribution in [3.05, 3.63) is 0 Å². The maximum Gasteiger partial charge on any atom is 0.430 e. The molecule has 2 bridgehead atoms. The van der Waals surface area contributed by atoms with E-state index >= 15 is 0 Å². The Bertz CT molecular complexity index is 600. The Labute approximate surface area is 137 Å². The zero-order valence-corrected chi connectivity index (χ0v) is 13.9. The highest BCUT2D eigenvalue weighted by Gasteiger charge is 2.57. The molecule has 11 heteroatoms. The van der Waals surface area contributed by atoms with Crippen LogP contribution in [0.2, 0.25) is 0 Å². The normalized spacial score (nSPS) is 32.0. The summed E-state index contributed by atoms with van der Waals surface area (Å²) in [6, 6.07) is 0. The van der Waals surface area contributed by atoms with Crippen LogP contribution in [0.25, 0.3) is 0 Å². The van der Waals surface area contributed by atoms with Crippen molar-refractivity contribution >= 4 is 16.1 Å². The molecule has 2 rings (SSSR count). The molecule has 5 atom stereocenters. The number of halogens is 2. The summed E-state index contributed by atoms with van der Waals surface area (Å²) in [5.41, 5.74) is -1.01. The van der Waals surface area contributed by atoms with Crippen molar-refractivity contribution in [3.8, 4) is 0 Å². The van der Waals surface area contributed by atoms with Crippen molar-refractivity contribution in [2.75, 3.05) is 0 Å². The molecule has 0 aromatic heterocycles. The molecule has 0 aliphatic carbocycles. The SMILES string of the molecule is CC(C)(O)CC1CC2CC(C(=O)OC(O)C(F)(F)S(=O)(=O)O)C1O2. The summed E-state index contributed by atoms with van der Waals surface area (Å²) in [4.78, 5) is 12.0. The third kappa shape index (κ3) is 3.85. The molecule has 2 heterocycles. The number of rotatable bonds is 6. The first-order valence-corrected chi connectivity index (χ1v) is 8.77. The van der Waals surface area contributed by atoms with Crippen LogP contribution in [0.5, 0.6) is 0 Å². The second-order valence-electron chi connectivity index (χ2n) is 6.90. The first-order chi connectivity index (χ1) is 10.7. The van der Waals surface area contributed by atoms with Crippen LogP contribution < -0.4 is 0 Å². The molecule has 8 nitrogen and oxygen atoms in total. The molecule has 0 amide bonds. The number of esters is 1. The fourth-order valence-electron chi connectivity index (χ4n) is 3.32. The van der Waals surface area contributed by atoms with E-state index in [1.807, 2.05) is 0 Å². The van der Waals surface area contributed by atoms with E-state index in [1.165, 1.54) is 0 Å². The average molecular weight is 374 g/mol. The molecule has 3 N–H and O–H groups in total. The summed E-state index contributed by atoms with van der Waals surface area (Å²) in [6.45, 7) is 3.17. The van der Waals surface area contributed by atoms with Crippen LogP contribution in [0.1, 0.15) is 33.1 Å². The van der Waals surface area contributed by atoms with Gasteiger partial charge in [-0.3, -0.25) is 9.35 Å². The second kappa shape index (κ2) is 6.13. The van der Waals surface area contributed by atoms with Crippen molar-refractivity contribution in [3.63, 3.8) is 0 Å². The van der Waals surface area contributed by atoms with Gasteiger partial charge in [0, 0.05) is 0 Å². The van der Waals surface area contributed by atoms with E-state index in [2.05, 4.69) is 4.74 Å². The maximum absolute atomic E-state index is 13.2. The third-order valence-electron chi connectivity index (χ3n) is 4.22. The number of alkyl halides is 2. The van der Waals surface area contributed by atoms with Crippen LogP contribution in [0, 0.1) is 11.8 Å². The molecular formula is C13H20F2O8S. The molecule has 0 saturated carbocycles. The van der Waals surface area contributed by atoms with Gasteiger partial charge in [-0.2, -0.15) is 17.2 Å². The summed E-state index contributed by atoms with van der Waals surface area (Å²) in [5.74, 6) is -2.39. The molecule has 140 valence electrons. The molecule has 0 aromatic rings. The van der Waals surface area contributed by atoms with E-state index in [9.17, 15) is 27.1 Å². The number of hydrogen-bond donors (Lipinski definition) is 3. The van der Waals surface area contributed by atoms with Gasteiger partial charge in [-0.15, -0.1) is 0 Å². The number of fused-ring (bicyclic) bond motifs is 2. The van der Waals surface area contributed by atoms with Crippen LogP contribution in [0.3, 0.4) is 0 Å². The predicted molar refractivity (Wildman–Crippen MR) is 74.4 cm³/mol. The molecule has 0 spiro atoms. The van der Waals surface area contributed by atoms with E-state index < -0.39 is 45.3 Å². The molecule has 0 aromatic carbocycles. The second-order valence-corrected chi connectivity index (χ2v) is 8.40. The first-order valence-electron chi connectivity index (χ1n) is 7.33. The zero-order chi connectivity index (χ0) is 18.5. The van der Waals surface area contributed by atoms with Gasteiger partial charge in [0.05, 0.1) is 23.7 Å². The van der Waals surface area contributed by atoms with E-state index in [4.69, 9.17) is 14.4 Å². The highest BCUT2D eigenvalue weighted by atomic mass is 32.2. The number of hydrogen-bond acceptors (Lipinski definition) is 7. The van der Waals surface area contributed by atoms with Crippen molar-refractivity contribution < 1.29 is 46.2 Å². The van der Waals surface area contributed by atoms with Gasteiger partial charge in [0.15, 0.2) is 0 Å². The van der Waals surface area contributed by atoms with Gasteiger partial charge < -0.3 is 19.7 Å². The van der Waals surface area contributed by atoms with Gasteiger partial charge in [-0.1, -0.05) is 0 Å². The Kier molecular flexibility index (Phi) is 4.97. The van der Waals surface area contributed by atoms with Gasteiger partial charge in [-0.05, 0) is 39.0 Å². The minimum atomic E-state index is -5.94. The number of aliphatic hydroxyl groups excluding tert-OH is 1. The largest absolute Gasteiger partial charge is 0.430 e. The van der Waals surface area contributed by atoms with Crippen LogP contribution in [-0.2, 0) is 24.4 Å². The highest BCUT2D eigenvalue weighted by molar-refractivity contribution is 7.86. The van der Waals surface area contributed by atoms with Crippen LogP contribution in [-0.4, -0.2) is 58.5 Å². The van der Waals surface area contributed by atoms with E-state index in [0.717, 1.165) is 0 Å². The lowest BCUT2D eigenvalue weighted by Crippen LogP contribution is -2.46. The summed E-state index contributed by atoms with van der Waals surface area (Å²) in [6.07, 6.45) is -3.17. The summed E-state index contributed by atoms with van der Waals surface area (Å²) in [7, 11) is -5.94. The van der Waals surface area contributed by atoms with Crippen molar-refractivity contribution in [2.24, 2.45) is 11.8 Å². The van der Waals surface area contributed by atoms with Crippen molar-refractivity contribution in [1.82, 2.24) is 0 Å². The quantitative estimate of drug-likeness (QED) is 0.343. The molecule has 0 radical (unpaired) electrons. The Morgan fingerprint density at radius 2 is 1.96 bits per heavy atom. The van der Waals surface area contributed by atoms with Gasteiger partial charge in [0.2, 0.25) is 0 Å². The monoisotopic (exact) mass is 374 g/mol. The maximum atomic E-state index is 13.2. The van der Waals surface area contributed by atoms with Crippen molar-refractivity contribution in [1.29, 1.82) is 0 Å².